The summed E-state index contributed by atoms with van der Waals surface area (Å²) in [5, 5.41) is 8.74. The summed E-state index contributed by atoms with van der Waals surface area (Å²) in [6, 6.07) is 3.52. The van der Waals surface area contributed by atoms with Crippen LogP contribution in [0.25, 0.3) is 0 Å². The topological polar surface area (TPSA) is 106 Å². The van der Waals surface area contributed by atoms with Crippen LogP contribution in [0.4, 0.5) is 0 Å². The van der Waals surface area contributed by atoms with Gasteiger partial charge in [0, 0.05) is 24.3 Å². The van der Waals surface area contributed by atoms with E-state index in [2.05, 4.69) is 13.8 Å². The van der Waals surface area contributed by atoms with Gasteiger partial charge >= 0.3 is 17.6 Å². The first-order valence-electron chi connectivity index (χ1n) is 15.4. The molecule has 1 saturated heterocycles. The van der Waals surface area contributed by atoms with Crippen molar-refractivity contribution in [1.82, 2.24) is 0 Å². The maximum atomic E-state index is 12.5. The molecule has 1 spiro atoms. The van der Waals surface area contributed by atoms with E-state index in [1.54, 1.807) is 12.3 Å². The second kappa shape index (κ2) is 10.0. The summed E-state index contributed by atoms with van der Waals surface area (Å²) in [4.78, 5) is 34.7. The highest BCUT2D eigenvalue weighted by atomic mass is 16.6. The molecular weight excluding hydrogens is 496 g/mol. The van der Waals surface area contributed by atoms with Crippen molar-refractivity contribution in [1.29, 1.82) is 0 Å². The Balaban J connectivity index is 1.06. The first-order chi connectivity index (χ1) is 18.7. The lowest BCUT2D eigenvalue weighted by molar-refractivity contribution is -0.164. The lowest BCUT2D eigenvalue weighted by atomic mass is 9.44. The Hall–Kier alpha value is -2.15. The number of epoxide rings is 1. The molecule has 7 heteroatoms. The van der Waals surface area contributed by atoms with Crippen molar-refractivity contribution in [2.24, 2.45) is 28.6 Å². The highest BCUT2D eigenvalue weighted by Crippen LogP contribution is 2.78. The lowest BCUT2D eigenvalue weighted by Gasteiger charge is -2.61. The van der Waals surface area contributed by atoms with Crippen molar-refractivity contribution in [2.75, 3.05) is 0 Å². The standard InChI is InChI=1S/C32H44O7/c1-30-15-13-22(38-29(36)8-6-4-3-5-7-27(33)34)17-21(30)10-11-24-23(30)14-16-31(2)25(18-26-32(24,31)39-26)20-9-12-28(35)37-19-20/h9,12,19,21-26H,3-8,10-11,13-18H2,1-2H3,(H,33,34)/t21-,22+,23-,24-,25-,26+,30+,31+,32-/m1/s1. The number of carbonyl (C=O) groups excluding carboxylic acids is 1. The van der Waals surface area contributed by atoms with Crippen LogP contribution >= 0.6 is 0 Å². The third kappa shape index (κ3) is 4.47. The van der Waals surface area contributed by atoms with Crippen LogP contribution in [0.1, 0.15) is 115 Å². The van der Waals surface area contributed by atoms with Gasteiger partial charge in [-0.15, -0.1) is 0 Å². The van der Waals surface area contributed by atoms with Gasteiger partial charge in [-0.2, -0.15) is 0 Å². The zero-order valence-corrected chi connectivity index (χ0v) is 23.5. The Morgan fingerprint density at radius 3 is 2.51 bits per heavy atom. The van der Waals surface area contributed by atoms with Gasteiger partial charge in [0.25, 0.3) is 0 Å². The smallest absolute Gasteiger partial charge is 0.335 e. The highest BCUT2D eigenvalue weighted by Gasteiger charge is 2.80. The van der Waals surface area contributed by atoms with Crippen LogP contribution in [-0.4, -0.2) is 34.9 Å². The van der Waals surface area contributed by atoms with Crippen molar-refractivity contribution in [3.8, 4) is 0 Å². The highest BCUT2D eigenvalue weighted by molar-refractivity contribution is 5.69. The third-order valence-electron chi connectivity index (χ3n) is 12.0. The molecule has 0 amide bonds. The molecule has 1 N–H and O–H groups in total. The van der Waals surface area contributed by atoms with Gasteiger partial charge in [-0.05, 0) is 105 Å². The van der Waals surface area contributed by atoms with Crippen LogP contribution in [-0.2, 0) is 19.1 Å². The molecule has 9 atom stereocenters. The molecule has 0 bridgehead atoms. The second-order valence-electron chi connectivity index (χ2n) is 13.7. The molecule has 1 aliphatic heterocycles. The quantitative estimate of drug-likeness (QED) is 0.225. The Kier molecular flexibility index (Phi) is 6.96. The van der Waals surface area contributed by atoms with Gasteiger partial charge < -0.3 is 19.0 Å². The number of ether oxygens (including phenoxy) is 2. The van der Waals surface area contributed by atoms with Crippen LogP contribution in [0.15, 0.2) is 27.6 Å². The summed E-state index contributed by atoms with van der Waals surface area (Å²) in [6.07, 6.45) is 14.6. The Morgan fingerprint density at radius 1 is 0.974 bits per heavy atom. The van der Waals surface area contributed by atoms with Crippen LogP contribution < -0.4 is 5.63 Å². The van der Waals surface area contributed by atoms with E-state index in [-0.39, 0.29) is 40.6 Å². The van der Waals surface area contributed by atoms with Crippen molar-refractivity contribution in [2.45, 2.75) is 127 Å². The summed E-state index contributed by atoms with van der Waals surface area (Å²) in [5.41, 5.74) is 1.15. The Labute approximate surface area is 231 Å². The average Bonchev–Trinajstić information content (AvgIpc) is 3.56. The van der Waals surface area contributed by atoms with Gasteiger partial charge in [0.15, 0.2) is 0 Å². The van der Waals surface area contributed by atoms with Crippen LogP contribution in [0.2, 0.25) is 0 Å². The monoisotopic (exact) mass is 540 g/mol. The number of hydrogen-bond acceptors (Lipinski definition) is 6. The van der Waals surface area contributed by atoms with Crippen molar-refractivity contribution < 1.29 is 28.6 Å². The van der Waals surface area contributed by atoms with Gasteiger partial charge in [0.2, 0.25) is 0 Å². The molecule has 2 heterocycles. The zero-order valence-electron chi connectivity index (χ0n) is 23.5. The van der Waals surface area contributed by atoms with Crippen LogP contribution in [0, 0.1) is 28.6 Å². The van der Waals surface area contributed by atoms with Crippen molar-refractivity contribution in [3.05, 3.63) is 34.4 Å². The fraction of sp³-hybridized carbons (Fsp3) is 0.781. The van der Waals surface area contributed by atoms with E-state index >= 15 is 0 Å². The molecule has 5 aliphatic rings. The first-order valence-corrected chi connectivity index (χ1v) is 15.4. The predicted molar refractivity (Wildman–Crippen MR) is 144 cm³/mol. The molecule has 1 aromatic rings. The van der Waals surface area contributed by atoms with Crippen LogP contribution in [0.5, 0.6) is 0 Å². The minimum atomic E-state index is -0.755. The summed E-state index contributed by atoms with van der Waals surface area (Å²) in [7, 11) is 0. The number of carbonyl (C=O) groups is 2. The average molecular weight is 541 g/mol. The number of fused-ring (bicyclic) bond motifs is 3. The number of hydrogen-bond donors (Lipinski definition) is 1. The SMILES string of the molecule is C[C@]12CC[C@H](OC(=O)CCCCCCC(=O)O)C[C@H]1CC[C@@H]1[C@H]2CC[C@@]2(C)[C@@H](c3ccc(=O)oc3)C[C@@H]3O[C@@]312. The predicted octanol–water partition coefficient (Wildman–Crippen LogP) is 6.23. The first kappa shape index (κ1) is 27.0. The molecule has 6 rings (SSSR count). The van der Waals surface area contributed by atoms with Crippen molar-refractivity contribution >= 4 is 11.9 Å². The second-order valence-corrected chi connectivity index (χ2v) is 13.7. The third-order valence-corrected chi connectivity index (χ3v) is 12.0. The maximum Gasteiger partial charge on any atom is 0.335 e. The Morgan fingerprint density at radius 2 is 1.77 bits per heavy atom. The number of aliphatic carboxylic acids is 1. The number of esters is 1. The molecule has 5 fully saturated rings. The van der Waals surface area contributed by atoms with E-state index in [1.165, 1.54) is 19.3 Å². The summed E-state index contributed by atoms with van der Waals surface area (Å²) < 4.78 is 17.9. The molecule has 0 radical (unpaired) electrons. The van der Waals surface area contributed by atoms with Crippen LogP contribution in [0.3, 0.4) is 0 Å². The summed E-state index contributed by atoms with van der Waals surface area (Å²) in [6.45, 7) is 4.95. The largest absolute Gasteiger partial charge is 0.481 e. The molecule has 4 aliphatic carbocycles. The summed E-state index contributed by atoms with van der Waals surface area (Å²) in [5.74, 6) is 1.33. The van der Waals surface area contributed by atoms with E-state index < -0.39 is 5.97 Å². The Bertz CT molecular complexity index is 1140. The molecule has 1 aromatic heterocycles. The minimum Gasteiger partial charge on any atom is -0.481 e. The molecule has 7 nitrogen and oxygen atoms in total. The summed E-state index contributed by atoms with van der Waals surface area (Å²) >= 11 is 0. The maximum absolute atomic E-state index is 12.5. The van der Waals surface area contributed by atoms with Gasteiger partial charge in [-0.25, -0.2) is 4.79 Å². The molecule has 214 valence electrons. The van der Waals surface area contributed by atoms with E-state index in [1.807, 2.05) is 6.07 Å². The zero-order chi connectivity index (χ0) is 27.4. The van der Waals surface area contributed by atoms with E-state index in [9.17, 15) is 14.4 Å². The van der Waals surface area contributed by atoms with Gasteiger partial charge in [0.05, 0.1) is 12.4 Å². The number of carboxylic acid groups (broad SMARTS) is 1. The van der Waals surface area contributed by atoms with Crippen molar-refractivity contribution in [3.63, 3.8) is 0 Å². The lowest BCUT2D eigenvalue weighted by Crippen LogP contribution is -2.58. The number of unbranched alkanes of at least 4 members (excludes halogenated alkanes) is 3. The minimum absolute atomic E-state index is 0.0275. The van der Waals surface area contributed by atoms with E-state index in [0.29, 0.717) is 42.6 Å². The molecule has 39 heavy (non-hydrogen) atoms. The number of rotatable bonds is 9. The van der Waals surface area contributed by atoms with Gasteiger partial charge in [-0.1, -0.05) is 26.7 Å². The molecule has 4 saturated carbocycles. The van der Waals surface area contributed by atoms with Gasteiger partial charge in [-0.3, -0.25) is 9.59 Å². The molecule has 0 unspecified atom stereocenters. The van der Waals surface area contributed by atoms with E-state index in [4.69, 9.17) is 19.0 Å². The molecule has 0 aromatic carbocycles. The fourth-order valence-corrected chi connectivity index (χ4v) is 9.97. The van der Waals surface area contributed by atoms with Gasteiger partial charge in [0.1, 0.15) is 11.7 Å². The fourth-order valence-electron chi connectivity index (χ4n) is 9.97. The van der Waals surface area contributed by atoms with E-state index in [0.717, 1.165) is 56.9 Å². The number of carboxylic acids is 1. The normalized spacial score (nSPS) is 42.0. The molecular formula is C32H44O7.